The maximum atomic E-state index is 4.56. The number of nitrogens with zero attached hydrogens (tertiary/aromatic N) is 4. The molecule has 1 aromatic carbocycles. The zero-order valence-electron chi connectivity index (χ0n) is 9.25. The Morgan fingerprint density at radius 2 is 1.94 bits per heavy atom. The molecular formula is C12H12N4. The lowest BCUT2D eigenvalue weighted by atomic mass is 10.3. The molecule has 0 bridgehead atoms. The molecule has 4 heteroatoms. The van der Waals surface area contributed by atoms with E-state index in [-0.39, 0.29) is 0 Å². The Kier molecular flexibility index (Phi) is 1.83. The molecule has 0 saturated carbocycles. The van der Waals surface area contributed by atoms with E-state index < -0.39 is 0 Å². The monoisotopic (exact) mass is 212 g/mol. The van der Waals surface area contributed by atoms with Crippen LogP contribution >= 0.6 is 0 Å². The van der Waals surface area contributed by atoms with Gasteiger partial charge in [0.2, 0.25) is 5.95 Å². The molecule has 4 nitrogen and oxygen atoms in total. The summed E-state index contributed by atoms with van der Waals surface area (Å²) in [7, 11) is 2.00. The maximum absolute atomic E-state index is 4.56. The van der Waals surface area contributed by atoms with Crippen LogP contribution in [0, 0.1) is 6.92 Å². The van der Waals surface area contributed by atoms with Gasteiger partial charge in [-0.05, 0) is 25.1 Å². The molecule has 0 aliphatic heterocycles. The number of benzene rings is 1. The molecule has 2 aromatic heterocycles. The van der Waals surface area contributed by atoms with Gasteiger partial charge in [0.05, 0.1) is 16.7 Å². The van der Waals surface area contributed by atoms with Gasteiger partial charge in [-0.25, -0.2) is 9.67 Å². The predicted molar refractivity (Wildman–Crippen MR) is 62.6 cm³/mol. The van der Waals surface area contributed by atoms with Crippen LogP contribution in [-0.4, -0.2) is 19.3 Å². The minimum Gasteiger partial charge on any atom is -0.311 e. The molecule has 3 rings (SSSR count). The fraction of sp³-hybridized carbons (Fsp3) is 0.167. The lowest BCUT2D eigenvalue weighted by Gasteiger charge is -2.00. The van der Waals surface area contributed by atoms with Crippen LogP contribution in [0.1, 0.15) is 5.69 Å². The van der Waals surface area contributed by atoms with Gasteiger partial charge in [0.15, 0.2) is 0 Å². The number of aromatic nitrogens is 4. The molecule has 80 valence electrons. The minimum atomic E-state index is 0.842. The summed E-state index contributed by atoms with van der Waals surface area (Å²) in [4.78, 5) is 4.56. The van der Waals surface area contributed by atoms with Crippen LogP contribution in [0.2, 0.25) is 0 Å². The number of aryl methyl sites for hydroxylation is 2. The molecule has 3 aromatic rings. The molecular weight excluding hydrogens is 200 g/mol. The van der Waals surface area contributed by atoms with E-state index in [9.17, 15) is 0 Å². The molecule has 16 heavy (non-hydrogen) atoms. The first-order chi connectivity index (χ1) is 7.75. The quantitative estimate of drug-likeness (QED) is 0.619. The molecule has 0 saturated heterocycles. The van der Waals surface area contributed by atoms with E-state index in [1.807, 2.05) is 49.0 Å². The van der Waals surface area contributed by atoms with Crippen molar-refractivity contribution in [3.05, 3.63) is 42.2 Å². The zero-order valence-corrected chi connectivity index (χ0v) is 9.25. The van der Waals surface area contributed by atoms with Crippen LogP contribution in [0.5, 0.6) is 0 Å². The van der Waals surface area contributed by atoms with Crippen molar-refractivity contribution in [2.24, 2.45) is 7.05 Å². The SMILES string of the molecule is Cc1ccn(-c2nc3ccccc3n2C)n1. The highest BCUT2D eigenvalue weighted by molar-refractivity contribution is 5.77. The van der Waals surface area contributed by atoms with Crippen molar-refractivity contribution >= 4 is 11.0 Å². The normalized spacial score (nSPS) is 11.1. The third kappa shape index (κ3) is 1.23. The summed E-state index contributed by atoms with van der Waals surface area (Å²) < 4.78 is 3.84. The summed E-state index contributed by atoms with van der Waals surface area (Å²) in [6.45, 7) is 1.97. The molecule has 0 N–H and O–H groups in total. The lowest BCUT2D eigenvalue weighted by Crippen LogP contribution is -2.03. The van der Waals surface area contributed by atoms with E-state index in [1.165, 1.54) is 0 Å². The molecule has 2 heterocycles. The second-order valence-electron chi connectivity index (χ2n) is 3.86. The van der Waals surface area contributed by atoms with Crippen molar-refractivity contribution in [1.29, 1.82) is 0 Å². The zero-order chi connectivity index (χ0) is 11.1. The lowest BCUT2D eigenvalue weighted by molar-refractivity contribution is 0.753. The number of para-hydroxylation sites is 2. The standard InChI is InChI=1S/C12H12N4/c1-9-7-8-16(14-9)12-13-10-5-3-4-6-11(10)15(12)2/h3-8H,1-2H3. The summed E-state index contributed by atoms with van der Waals surface area (Å²) in [5.41, 5.74) is 3.10. The van der Waals surface area contributed by atoms with Gasteiger partial charge in [-0.1, -0.05) is 12.1 Å². The van der Waals surface area contributed by atoms with Crippen LogP contribution in [-0.2, 0) is 7.05 Å². The van der Waals surface area contributed by atoms with E-state index in [1.54, 1.807) is 4.68 Å². The second-order valence-corrected chi connectivity index (χ2v) is 3.86. The van der Waals surface area contributed by atoms with Crippen molar-refractivity contribution in [2.45, 2.75) is 6.92 Å². The van der Waals surface area contributed by atoms with E-state index >= 15 is 0 Å². The highest BCUT2D eigenvalue weighted by Crippen LogP contribution is 2.16. The minimum absolute atomic E-state index is 0.842. The smallest absolute Gasteiger partial charge is 0.231 e. The summed E-state index contributed by atoms with van der Waals surface area (Å²) in [6.07, 6.45) is 1.93. The molecule has 0 aliphatic carbocycles. The molecule has 0 atom stereocenters. The molecule has 0 spiro atoms. The Morgan fingerprint density at radius 1 is 1.12 bits per heavy atom. The first-order valence-electron chi connectivity index (χ1n) is 5.20. The van der Waals surface area contributed by atoms with Gasteiger partial charge >= 0.3 is 0 Å². The average Bonchev–Trinajstić information content (AvgIpc) is 2.84. The van der Waals surface area contributed by atoms with Gasteiger partial charge in [-0.2, -0.15) is 5.10 Å². The third-order valence-electron chi connectivity index (χ3n) is 2.69. The average molecular weight is 212 g/mol. The summed E-state index contributed by atoms with van der Waals surface area (Å²) in [5, 5.41) is 4.37. The van der Waals surface area contributed by atoms with E-state index in [0.717, 1.165) is 22.7 Å². The number of hydrogen-bond acceptors (Lipinski definition) is 2. The maximum Gasteiger partial charge on any atom is 0.231 e. The first-order valence-corrected chi connectivity index (χ1v) is 5.20. The largest absolute Gasteiger partial charge is 0.311 e. The molecule has 0 unspecified atom stereocenters. The van der Waals surface area contributed by atoms with Crippen molar-refractivity contribution in [2.75, 3.05) is 0 Å². The van der Waals surface area contributed by atoms with Gasteiger partial charge in [0, 0.05) is 13.2 Å². The van der Waals surface area contributed by atoms with Gasteiger partial charge in [0.1, 0.15) is 0 Å². The van der Waals surface area contributed by atoms with Crippen molar-refractivity contribution < 1.29 is 0 Å². The van der Waals surface area contributed by atoms with Gasteiger partial charge < -0.3 is 4.57 Å². The second kappa shape index (κ2) is 3.20. The summed E-state index contributed by atoms with van der Waals surface area (Å²) in [5.74, 6) is 0.842. The summed E-state index contributed by atoms with van der Waals surface area (Å²) >= 11 is 0. The Balaban J connectivity index is 2.28. The molecule has 0 amide bonds. The molecule has 0 aliphatic rings. The van der Waals surface area contributed by atoms with Crippen molar-refractivity contribution in [1.82, 2.24) is 19.3 Å². The fourth-order valence-electron chi connectivity index (χ4n) is 1.86. The number of hydrogen-bond donors (Lipinski definition) is 0. The Labute approximate surface area is 93.1 Å². The van der Waals surface area contributed by atoms with Crippen LogP contribution in [0.3, 0.4) is 0 Å². The fourth-order valence-corrected chi connectivity index (χ4v) is 1.86. The summed E-state index contributed by atoms with van der Waals surface area (Å²) in [6, 6.07) is 10.0. The molecule has 0 fully saturated rings. The van der Waals surface area contributed by atoms with Crippen molar-refractivity contribution in [3.63, 3.8) is 0 Å². The molecule has 0 radical (unpaired) electrons. The van der Waals surface area contributed by atoms with Crippen molar-refractivity contribution in [3.8, 4) is 5.95 Å². The first kappa shape index (κ1) is 9.15. The number of fused-ring (bicyclic) bond motifs is 1. The van der Waals surface area contributed by atoms with Crippen LogP contribution in [0.15, 0.2) is 36.5 Å². The highest BCUT2D eigenvalue weighted by atomic mass is 15.4. The number of rotatable bonds is 1. The van der Waals surface area contributed by atoms with Gasteiger partial charge in [0.25, 0.3) is 0 Å². The Bertz CT molecular complexity index is 648. The third-order valence-corrected chi connectivity index (χ3v) is 2.69. The van der Waals surface area contributed by atoms with E-state index in [0.29, 0.717) is 0 Å². The van der Waals surface area contributed by atoms with Crippen LogP contribution < -0.4 is 0 Å². The Morgan fingerprint density at radius 3 is 2.62 bits per heavy atom. The number of imidazole rings is 1. The highest BCUT2D eigenvalue weighted by Gasteiger charge is 2.08. The van der Waals surface area contributed by atoms with E-state index in [4.69, 9.17) is 0 Å². The van der Waals surface area contributed by atoms with Gasteiger partial charge in [-0.15, -0.1) is 0 Å². The van der Waals surface area contributed by atoms with Crippen LogP contribution in [0.25, 0.3) is 17.0 Å². The van der Waals surface area contributed by atoms with E-state index in [2.05, 4.69) is 16.1 Å². The topological polar surface area (TPSA) is 35.6 Å². The Hall–Kier alpha value is -2.10. The predicted octanol–water partition coefficient (Wildman–Crippen LogP) is 2.07. The van der Waals surface area contributed by atoms with Gasteiger partial charge in [-0.3, -0.25) is 0 Å². The van der Waals surface area contributed by atoms with Crippen LogP contribution in [0.4, 0.5) is 0 Å².